The van der Waals surface area contributed by atoms with Crippen molar-refractivity contribution in [2.24, 2.45) is 11.3 Å². The molecule has 392 valence electrons. The highest BCUT2D eigenvalue weighted by molar-refractivity contribution is 5.96. The molecule has 10 rings (SSSR count). The van der Waals surface area contributed by atoms with Gasteiger partial charge in [-0.3, -0.25) is 19.3 Å². The van der Waals surface area contributed by atoms with Crippen molar-refractivity contribution in [2.75, 3.05) is 45.9 Å². The number of nitrogens with zero attached hydrogens (tertiary/aromatic N) is 3. The number of likely N-dealkylation sites (tertiary alicyclic amines) is 3. The fourth-order valence-corrected chi connectivity index (χ4v) is 11.4. The zero-order valence-corrected chi connectivity index (χ0v) is 42.8. The molecule has 13 heteroatoms. The number of fused-ring (bicyclic) bond motifs is 1. The lowest BCUT2D eigenvalue weighted by Gasteiger charge is -2.54. The molecule has 0 saturated carbocycles. The molecule has 0 aliphatic carbocycles. The van der Waals surface area contributed by atoms with Gasteiger partial charge in [-0.1, -0.05) is 110 Å². The van der Waals surface area contributed by atoms with Crippen LogP contribution in [-0.4, -0.2) is 98.7 Å². The summed E-state index contributed by atoms with van der Waals surface area (Å²) >= 11 is 0. The van der Waals surface area contributed by atoms with Crippen molar-refractivity contribution in [3.63, 3.8) is 0 Å². The van der Waals surface area contributed by atoms with Crippen LogP contribution in [0.5, 0.6) is 11.5 Å². The molecule has 4 heterocycles. The number of aliphatic hydroxyl groups is 2. The number of aliphatic hydroxyl groups excluding tert-OH is 1. The molecule has 76 heavy (non-hydrogen) atoms. The van der Waals surface area contributed by atoms with Crippen LogP contribution in [-0.2, 0) is 34.7 Å². The molecule has 2 atom stereocenters. The maximum Gasteiger partial charge on any atom is 0.347 e. The van der Waals surface area contributed by atoms with E-state index in [1.807, 2.05) is 70.5 Å². The number of carbonyl (C=O) groups excluding carboxylic acids is 3. The number of nitrogens with one attached hydrogen (secondary N) is 1. The van der Waals surface area contributed by atoms with Crippen molar-refractivity contribution >= 4 is 28.7 Å². The summed E-state index contributed by atoms with van der Waals surface area (Å²) in [6.45, 7) is 5.60. The van der Waals surface area contributed by atoms with Crippen LogP contribution in [0.15, 0.2) is 163 Å². The lowest BCUT2D eigenvalue weighted by Crippen LogP contribution is -2.64. The van der Waals surface area contributed by atoms with Crippen LogP contribution in [0.4, 0.5) is 0 Å². The Morgan fingerprint density at radius 2 is 1.36 bits per heavy atom. The molecular formula is C63H66N4O9. The maximum absolute atomic E-state index is 14.0. The first kappa shape index (κ1) is 51.9. The van der Waals surface area contributed by atoms with Crippen molar-refractivity contribution in [1.82, 2.24) is 19.7 Å². The molecular weight excluding hydrogens is 957 g/mol. The van der Waals surface area contributed by atoms with Crippen LogP contribution in [0.2, 0.25) is 0 Å². The highest BCUT2D eigenvalue weighted by atomic mass is 16.5. The number of piperidine rings is 2. The Bertz CT molecular complexity index is 3190. The lowest BCUT2D eigenvalue weighted by molar-refractivity contribution is -0.164. The molecule has 3 aliphatic rings. The first-order chi connectivity index (χ1) is 36.9. The van der Waals surface area contributed by atoms with Crippen molar-refractivity contribution in [3.8, 4) is 11.5 Å². The number of carbonyl (C=O) groups is 3. The van der Waals surface area contributed by atoms with E-state index in [1.54, 1.807) is 60.7 Å². The quantitative estimate of drug-likeness (QED) is 0.0480. The standard InChI is InChI=1S/C63H66N4O9/c68-55(53-27-29-56(69)58-54(53)28-30-57(70)64-58)18-8-7-11-44-19-23-48(24-20-44)59(71)66-34-10-33-62(41-66)42-67(43-62)60(72)49-25-21-46(22-26-49)39-75-52-17-9-16-51(37-52)63(74,50-14-5-2-6-15-50)61(73)76-40-47-31-35-65(36-32-47)38-45-12-3-1-4-13-45/h1-6,9,12-17,19-30,37,47,55,68-69,74H,7-8,10-11,18,31-36,38-43H2,(H,64,70)/t55-,63-/m0/s1. The summed E-state index contributed by atoms with van der Waals surface area (Å²) in [4.78, 5) is 62.1. The first-order valence-electron chi connectivity index (χ1n) is 26.7. The molecule has 3 aliphatic heterocycles. The summed E-state index contributed by atoms with van der Waals surface area (Å²) in [6.07, 6.45) is 5.82. The Balaban J connectivity index is 0.677. The number of aryl methyl sites for hydroxylation is 1. The smallest absolute Gasteiger partial charge is 0.347 e. The van der Waals surface area contributed by atoms with E-state index in [0.717, 1.165) is 75.7 Å². The van der Waals surface area contributed by atoms with Crippen LogP contribution in [0.25, 0.3) is 10.9 Å². The minimum atomic E-state index is -2.05. The Kier molecular flexibility index (Phi) is 15.8. The number of hydrogen-bond acceptors (Lipinski definition) is 10. The van der Waals surface area contributed by atoms with Crippen LogP contribution in [0.3, 0.4) is 0 Å². The van der Waals surface area contributed by atoms with Gasteiger partial charge in [0.25, 0.3) is 11.8 Å². The van der Waals surface area contributed by atoms with Gasteiger partial charge in [0.05, 0.1) is 18.2 Å². The number of H-pyrrole nitrogens is 1. The molecule has 0 bridgehead atoms. The summed E-state index contributed by atoms with van der Waals surface area (Å²) in [7, 11) is 0. The predicted molar refractivity (Wildman–Crippen MR) is 291 cm³/mol. The van der Waals surface area contributed by atoms with Gasteiger partial charge in [-0.25, -0.2) is 4.79 Å². The number of phenolic OH excluding ortho intramolecular Hbond substituents is 1. The second kappa shape index (κ2) is 23.1. The largest absolute Gasteiger partial charge is 0.506 e. The molecule has 1 aromatic heterocycles. The molecule has 7 aromatic rings. The van der Waals surface area contributed by atoms with Gasteiger partial charge in [-0.05, 0) is 140 Å². The van der Waals surface area contributed by atoms with E-state index in [-0.39, 0.29) is 47.7 Å². The first-order valence-corrected chi connectivity index (χ1v) is 26.7. The monoisotopic (exact) mass is 1020 g/mol. The lowest BCUT2D eigenvalue weighted by atomic mass is 9.73. The van der Waals surface area contributed by atoms with E-state index in [4.69, 9.17) is 9.47 Å². The van der Waals surface area contributed by atoms with Gasteiger partial charge in [0.2, 0.25) is 11.2 Å². The highest BCUT2D eigenvalue weighted by Crippen LogP contribution is 2.41. The average molecular weight is 1020 g/mol. The normalized spacial score (nSPS) is 16.9. The number of hydrogen-bond donors (Lipinski definition) is 4. The predicted octanol–water partition coefficient (Wildman–Crippen LogP) is 9.33. The minimum Gasteiger partial charge on any atom is -0.506 e. The molecule has 2 amide bonds. The number of aromatic amines is 1. The Morgan fingerprint density at radius 3 is 2.08 bits per heavy atom. The third-order valence-electron chi connectivity index (χ3n) is 15.7. The fraction of sp³-hybridized carbons (Fsp3) is 0.333. The number of pyridine rings is 1. The molecule has 13 nitrogen and oxygen atoms in total. The van der Waals surface area contributed by atoms with Crippen molar-refractivity contribution in [1.29, 1.82) is 0 Å². The van der Waals surface area contributed by atoms with E-state index in [9.17, 15) is 34.5 Å². The third kappa shape index (κ3) is 11.8. The van der Waals surface area contributed by atoms with Gasteiger partial charge in [-0.15, -0.1) is 0 Å². The number of aromatic nitrogens is 1. The number of esters is 1. The Hall–Kier alpha value is -7.58. The van der Waals surface area contributed by atoms with Gasteiger partial charge in [0, 0.05) is 66.3 Å². The maximum atomic E-state index is 14.0. The summed E-state index contributed by atoms with van der Waals surface area (Å²) in [5, 5.41) is 34.1. The van der Waals surface area contributed by atoms with Crippen LogP contribution in [0.1, 0.15) is 105 Å². The van der Waals surface area contributed by atoms with Crippen molar-refractivity contribution in [2.45, 2.75) is 76.2 Å². The molecule has 3 saturated heterocycles. The van der Waals surface area contributed by atoms with Gasteiger partial charge in [0.15, 0.2) is 0 Å². The number of benzene rings is 6. The van der Waals surface area contributed by atoms with Crippen LogP contribution in [0, 0.1) is 11.3 Å². The summed E-state index contributed by atoms with van der Waals surface area (Å²) in [5.41, 5.74) is 3.69. The number of ether oxygens (including phenoxy) is 2. The van der Waals surface area contributed by atoms with Gasteiger partial charge < -0.3 is 39.6 Å². The van der Waals surface area contributed by atoms with Gasteiger partial charge in [0.1, 0.15) is 18.1 Å². The molecule has 6 aromatic carbocycles. The number of amides is 2. The van der Waals surface area contributed by atoms with Crippen LogP contribution >= 0.6 is 0 Å². The topological polar surface area (TPSA) is 173 Å². The Labute approximate surface area is 443 Å². The van der Waals surface area contributed by atoms with E-state index >= 15 is 0 Å². The molecule has 3 fully saturated rings. The van der Waals surface area contributed by atoms with E-state index in [2.05, 4.69) is 34.1 Å². The van der Waals surface area contributed by atoms with Crippen molar-refractivity contribution in [3.05, 3.63) is 213 Å². The van der Waals surface area contributed by atoms with E-state index in [0.29, 0.717) is 77.1 Å². The molecule has 0 radical (unpaired) electrons. The zero-order chi connectivity index (χ0) is 52.7. The number of aromatic hydroxyl groups is 1. The SMILES string of the molecule is O=C(c1ccc(CCCC[C@H](O)c2ccc(O)c3[nH]c(=O)ccc23)cc1)N1CCCC2(C1)CN(C(=O)c1ccc(COc3cccc([C@](O)(C(=O)OCC4CCN(Cc5ccccc5)CC4)c4ccccc4)c3)cc1)C2. The molecule has 1 spiro atoms. The Morgan fingerprint density at radius 1 is 0.697 bits per heavy atom. The molecule has 4 N–H and O–H groups in total. The van der Waals surface area contributed by atoms with Gasteiger partial charge in [-0.2, -0.15) is 0 Å². The zero-order valence-electron chi connectivity index (χ0n) is 42.8. The fourth-order valence-electron chi connectivity index (χ4n) is 11.4. The van der Waals surface area contributed by atoms with Crippen LogP contribution < -0.4 is 10.3 Å². The summed E-state index contributed by atoms with van der Waals surface area (Å²) < 4.78 is 12.1. The number of unbranched alkanes of at least 4 members (excludes halogenated alkanes) is 1. The van der Waals surface area contributed by atoms with E-state index in [1.165, 1.54) is 17.7 Å². The molecule has 0 unspecified atom stereocenters. The minimum absolute atomic E-state index is 0.00297. The third-order valence-corrected chi connectivity index (χ3v) is 15.7. The summed E-state index contributed by atoms with van der Waals surface area (Å²) in [6, 6.07) is 47.6. The summed E-state index contributed by atoms with van der Waals surface area (Å²) in [5.74, 6) is -0.143. The average Bonchev–Trinajstić information content (AvgIpc) is 3.46. The van der Waals surface area contributed by atoms with Crippen molar-refractivity contribution < 1.29 is 39.2 Å². The highest BCUT2D eigenvalue weighted by Gasteiger charge is 2.48. The van der Waals surface area contributed by atoms with E-state index < -0.39 is 17.7 Å². The second-order valence-corrected chi connectivity index (χ2v) is 21.1. The number of rotatable bonds is 18. The van der Waals surface area contributed by atoms with Gasteiger partial charge >= 0.3 is 5.97 Å². The second-order valence-electron chi connectivity index (χ2n) is 21.1. The number of phenols is 1.